The molecule has 0 bridgehead atoms. The summed E-state index contributed by atoms with van der Waals surface area (Å²) >= 11 is 9.06. The number of H-pyrrole nitrogens is 1. The molecule has 5 nitrogen and oxygen atoms in total. The Hall–Kier alpha value is -1.14. The Balaban J connectivity index is 2.96. The van der Waals surface area contributed by atoms with Gasteiger partial charge in [-0.15, -0.1) is 0 Å². The molecule has 0 spiro atoms. The largest absolute Gasteiger partial charge is 0.365 e. The summed E-state index contributed by atoms with van der Waals surface area (Å²) in [4.78, 5) is 15.3. The molecule has 14 heavy (non-hydrogen) atoms. The third-order valence-corrected chi connectivity index (χ3v) is 2.89. The fourth-order valence-corrected chi connectivity index (χ4v) is 1.59. The molecule has 2 rings (SSSR count). The minimum absolute atomic E-state index is 0.0471. The van der Waals surface area contributed by atoms with Gasteiger partial charge in [0.15, 0.2) is 4.54 Å². The Kier molecular flexibility index (Phi) is 2.16. The summed E-state index contributed by atoms with van der Waals surface area (Å²) in [5, 5.41) is 2.81. The monoisotopic (exact) mass is 275 g/mol. The van der Waals surface area contributed by atoms with Crippen LogP contribution in [0.25, 0.3) is 11.0 Å². The number of anilines is 1. The predicted octanol–water partition coefficient (Wildman–Crippen LogP) is 1.48. The molecule has 0 saturated heterocycles. The van der Waals surface area contributed by atoms with Crippen molar-refractivity contribution >= 4 is 44.5 Å². The molecule has 0 saturated carbocycles. The molecule has 0 aliphatic carbocycles. The Morgan fingerprint density at radius 1 is 1.57 bits per heavy atom. The molecule has 1 aromatic carbocycles. The lowest BCUT2D eigenvalue weighted by molar-refractivity contribution is -0.535. The van der Waals surface area contributed by atoms with Crippen molar-refractivity contribution in [2.75, 3.05) is 5.73 Å². The molecular formula is C7H5BrClN4O+. The van der Waals surface area contributed by atoms with Crippen molar-refractivity contribution in [1.82, 2.24) is 10.1 Å². The third kappa shape index (κ3) is 1.46. The van der Waals surface area contributed by atoms with Crippen LogP contribution in [0.4, 0.5) is 5.95 Å². The lowest BCUT2D eigenvalue weighted by Crippen LogP contribution is -2.23. The summed E-state index contributed by atoms with van der Waals surface area (Å²) in [5.41, 5.74) is 6.19. The highest BCUT2D eigenvalue weighted by Gasteiger charge is 2.12. The van der Waals surface area contributed by atoms with E-state index < -0.39 is 0 Å². The normalized spacial score (nSPS) is 10.7. The highest BCUT2D eigenvalue weighted by atomic mass is 79.9. The zero-order valence-electron chi connectivity index (χ0n) is 6.79. The van der Waals surface area contributed by atoms with Crippen LogP contribution in [0.3, 0.4) is 0 Å². The maximum absolute atomic E-state index is 11.3. The van der Waals surface area contributed by atoms with Crippen molar-refractivity contribution in [2.24, 2.45) is 0 Å². The molecule has 0 amide bonds. The average Bonchev–Trinajstić information content (AvgIpc) is 2.08. The Morgan fingerprint density at radius 2 is 2.29 bits per heavy atom. The van der Waals surface area contributed by atoms with Crippen molar-refractivity contribution in [3.05, 3.63) is 26.5 Å². The molecule has 0 atom stereocenters. The summed E-state index contributed by atoms with van der Waals surface area (Å²) in [6.45, 7) is 0. The van der Waals surface area contributed by atoms with Crippen molar-refractivity contribution in [3.63, 3.8) is 0 Å². The average molecular weight is 277 g/mol. The quantitative estimate of drug-likeness (QED) is 0.715. The van der Waals surface area contributed by atoms with Crippen molar-refractivity contribution in [3.8, 4) is 0 Å². The second kappa shape index (κ2) is 3.21. The van der Waals surface area contributed by atoms with Crippen LogP contribution in [0.1, 0.15) is 0 Å². The second-order valence-electron chi connectivity index (χ2n) is 2.66. The number of hydrogen-bond acceptors (Lipinski definition) is 3. The fourth-order valence-electron chi connectivity index (χ4n) is 1.10. The third-order valence-electron chi connectivity index (χ3n) is 1.69. The van der Waals surface area contributed by atoms with Crippen molar-refractivity contribution in [2.45, 2.75) is 0 Å². The summed E-state index contributed by atoms with van der Waals surface area (Å²) in [6.07, 6.45) is 0. The summed E-state index contributed by atoms with van der Waals surface area (Å²) in [7, 11) is 0. The number of aromatic nitrogens is 3. The number of halogens is 2. The van der Waals surface area contributed by atoms with Gasteiger partial charge in [-0.25, -0.2) is 4.98 Å². The maximum atomic E-state index is 11.3. The number of fused-ring (bicyclic) bond motifs is 1. The van der Waals surface area contributed by atoms with Crippen molar-refractivity contribution in [1.29, 1.82) is 0 Å². The molecule has 0 aliphatic rings. The minimum Gasteiger partial charge on any atom is -0.365 e. The lowest BCUT2D eigenvalue weighted by atomic mass is 10.3. The van der Waals surface area contributed by atoms with E-state index in [1.54, 1.807) is 12.1 Å². The first-order chi connectivity index (χ1) is 6.58. The van der Waals surface area contributed by atoms with Gasteiger partial charge in [-0.1, -0.05) is 16.7 Å². The first kappa shape index (κ1) is 9.42. The molecule has 0 unspecified atom stereocenters. The first-order valence-corrected chi connectivity index (χ1v) is 4.82. The number of nitrogen functional groups attached to an aromatic ring is 1. The summed E-state index contributed by atoms with van der Waals surface area (Å²) in [6, 6.07) is 3.15. The Morgan fingerprint density at radius 3 is 3.00 bits per heavy atom. The van der Waals surface area contributed by atoms with Crippen LogP contribution < -0.4 is 10.3 Å². The van der Waals surface area contributed by atoms with Gasteiger partial charge in [-0.3, -0.25) is 0 Å². The highest BCUT2D eigenvalue weighted by Crippen LogP contribution is 2.25. The highest BCUT2D eigenvalue weighted by molar-refractivity contribution is 9.10. The maximum Gasteiger partial charge on any atom is 0.319 e. The number of hydrogen-bond donors (Lipinski definition) is 2. The van der Waals surface area contributed by atoms with Gasteiger partial charge in [-0.05, 0) is 22.0 Å². The van der Waals surface area contributed by atoms with E-state index in [-0.39, 0.29) is 5.95 Å². The minimum atomic E-state index is 0.0471. The van der Waals surface area contributed by atoms with Gasteiger partial charge in [0, 0.05) is 10.5 Å². The molecule has 2 aromatic rings. The standard InChI is InChI=1S/C7H5BrClN4O/c8-3-1-6-5(2-4(3)9)11-7(10)12-13(6)14/h1-2H,(H3,10,11,12,14)/q+1. The molecule has 0 aliphatic heterocycles. The summed E-state index contributed by atoms with van der Waals surface area (Å²) < 4.78 is 1.18. The van der Waals surface area contributed by atoms with E-state index >= 15 is 0 Å². The van der Waals surface area contributed by atoms with Crippen LogP contribution in [0.5, 0.6) is 0 Å². The van der Waals surface area contributed by atoms with Crippen LogP contribution in [-0.2, 0) is 0 Å². The zero-order valence-corrected chi connectivity index (χ0v) is 9.13. The van der Waals surface area contributed by atoms with E-state index in [0.29, 0.717) is 25.1 Å². The Labute approximate surface area is 91.6 Å². The topological polar surface area (TPSA) is 77.7 Å². The molecule has 0 radical (unpaired) electrons. The van der Waals surface area contributed by atoms with E-state index in [4.69, 9.17) is 17.3 Å². The van der Waals surface area contributed by atoms with Crippen LogP contribution in [0.15, 0.2) is 16.6 Å². The van der Waals surface area contributed by atoms with Crippen LogP contribution in [-0.4, -0.2) is 10.1 Å². The molecular weight excluding hydrogens is 271 g/mol. The smallest absolute Gasteiger partial charge is 0.319 e. The summed E-state index contributed by atoms with van der Waals surface area (Å²) in [5.74, 6) is 0.0471. The van der Waals surface area contributed by atoms with Gasteiger partial charge in [-0.2, -0.15) is 0 Å². The molecule has 3 N–H and O–H groups in total. The number of nitrogens with zero attached hydrogens (tertiary/aromatic N) is 2. The number of rotatable bonds is 0. The van der Waals surface area contributed by atoms with E-state index in [9.17, 15) is 4.91 Å². The zero-order chi connectivity index (χ0) is 10.3. The van der Waals surface area contributed by atoms with E-state index in [1.165, 1.54) is 0 Å². The van der Waals surface area contributed by atoms with E-state index in [2.05, 4.69) is 26.0 Å². The SMILES string of the molecule is Nc1nc2cc(Cl)c(Br)cc2[n+](=O)[nH]1. The van der Waals surface area contributed by atoms with Crippen molar-refractivity contribution < 1.29 is 4.54 Å². The van der Waals surface area contributed by atoms with Crippen LogP contribution in [0.2, 0.25) is 5.02 Å². The van der Waals surface area contributed by atoms with Gasteiger partial charge >= 0.3 is 5.52 Å². The van der Waals surface area contributed by atoms with Crippen LogP contribution >= 0.6 is 27.5 Å². The molecule has 0 fully saturated rings. The van der Waals surface area contributed by atoms with Gasteiger partial charge in [0.1, 0.15) is 5.52 Å². The van der Waals surface area contributed by atoms with Gasteiger partial charge in [0.25, 0.3) is 5.95 Å². The van der Waals surface area contributed by atoms with Crippen LogP contribution in [0, 0.1) is 4.91 Å². The molecule has 72 valence electrons. The number of benzene rings is 1. The first-order valence-electron chi connectivity index (χ1n) is 3.65. The van der Waals surface area contributed by atoms with E-state index in [0.717, 1.165) is 0 Å². The molecule has 1 heterocycles. The van der Waals surface area contributed by atoms with Gasteiger partial charge in [0.2, 0.25) is 0 Å². The number of nitrogens with one attached hydrogen (secondary N) is 1. The second-order valence-corrected chi connectivity index (χ2v) is 3.92. The predicted molar refractivity (Wildman–Crippen MR) is 56.6 cm³/mol. The van der Waals surface area contributed by atoms with Gasteiger partial charge in [0.05, 0.1) is 9.93 Å². The number of aromatic amines is 1. The number of nitrogens with two attached hydrogens (primary N) is 1. The van der Waals surface area contributed by atoms with E-state index in [1.807, 2.05) is 0 Å². The fraction of sp³-hybridized carbons (Fsp3) is 0. The molecule has 7 heteroatoms. The van der Waals surface area contributed by atoms with Gasteiger partial charge < -0.3 is 5.73 Å². The Bertz CT molecular complexity index is 567. The molecule has 1 aromatic heterocycles. The lowest BCUT2D eigenvalue weighted by Gasteiger charge is -1.94.